The summed E-state index contributed by atoms with van der Waals surface area (Å²) in [6, 6.07) is 0.0889. The number of nitrogens with one attached hydrogen (secondary N) is 1. The smallest absolute Gasteiger partial charge is 0.324 e. The third-order valence-electron chi connectivity index (χ3n) is 4.42. The summed E-state index contributed by atoms with van der Waals surface area (Å²) in [6.07, 6.45) is 4.52. The molecular formula is C13H22N2O3. The molecule has 2 atom stereocenters. The van der Waals surface area contributed by atoms with E-state index in [9.17, 15) is 14.7 Å². The second-order valence-corrected chi connectivity index (χ2v) is 5.34. The minimum absolute atomic E-state index is 0.0554. The Morgan fingerprint density at radius 1 is 1.56 bits per heavy atom. The molecule has 102 valence electrons. The summed E-state index contributed by atoms with van der Waals surface area (Å²) in [5, 5.41) is 12.4. The lowest BCUT2D eigenvalue weighted by Gasteiger charge is -2.39. The molecule has 2 fully saturated rings. The van der Waals surface area contributed by atoms with Crippen molar-refractivity contribution in [2.45, 2.75) is 57.0 Å². The van der Waals surface area contributed by atoms with Crippen molar-refractivity contribution in [3.8, 4) is 0 Å². The van der Waals surface area contributed by atoms with E-state index in [0.717, 1.165) is 32.4 Å². The minimum Gasteiger partial charge on any atom is -0.480 e. The number of nitrogens with zero attached hydrogens (tertiary/aromatic N) is 1. The van der Waals surface area contributed by atoms with Gasteiger partial charge in [0.15, 0.2) is 0 Å². The predicted molar refractivity (Wildman–Crippen MR) is 67.2 cm³/mol. The zero-order valence-corrected chi connectivity index (χ0v) is 10.9. The zero-order valence-electron chi connectivity index (χ0n) is 10.9. The number of rotatable bonds is 3. The van der Waals surface area contributed by atoms with E-state index in [2.05, 4.69) is 10.2 Å². The van der Waals surface area contributed by atoms with Crippen LogP contribution in [0.2, 0.25) is 0 Å². The van der Waals surface area contributed by atoms with Crippen LogP contribution in [0.25, 0.3) is 0 Å². The molecule has 2 N–H and O–H groups in total. The second kappa shape index (κ2) is 5.26. The number of carboxylic acid groups (broad SMARTS) is 1. The van der Waals surface area contributed by atoms with Gasteiger partial charge >= 0.3 is 5.97 Å². The number of aliphatic carboxylic acids is 1. The van der Waals surface area contributed by atoms with Gasteiger partial charge in [-0.2, -0.15) is 0 Å². The fraction of sp³-hybridized carbons (Fsp3) is 0.846. The van der Waals surface area contributed by atoms with E-state index in [1.165, 1.54) is 0 Å². The fourth-order valence-corrected chi connectivity index (χ4v) is 3.41. The van der Waals surface area contributed by atoms with Gasteiger partial charge in [-0.25, -0.2) is 0 Å². The van der Waals surface area contributed by atoms with Gasteiger partial charge in [-0.3, -0.25) is 14.5 Å². The van der Waals surface area contributed by atoms with Crippen molar-refractivity contribution in [2.24, 2.45) is 0 Å². The highest BCUT2D eigenvalue weighted by molar-refractivity contribution is 5.80. The lowest BCUT2D eigenvalue weighted by molar-refractivity contribution is -0.152. The minimum atomic E-state index is -0.741. The van der Waals surface area contributed by atoms with Crippen molar-refractivity contribution in [1.82, 2.24) is 10.2 Å². The van der Waals surface area contributed by atoms with Gasteiger partial charge in [-0.15, -0.1) is 0 Å². The van der Waals surface area contributed by atoms with E-state index in [4.69, 9.17) is 0 Å². The number of carboxylic acids is 1. The normalized spacial score (nSPS) is 34.1. The Morgan fingerprint density at radius 3 is 3.00 bits per heavy atom. The molecule has 2 saturated heterocycles. The highest BCUT2D eigenvalue weighted by Gasteiger charge is 2.49. The van der Waals surface area contributed by atoms with Gasteiger partial charge < -0.3 is 10.4 Å². The van der Waals surface area contributed by atoms with Crippen LogP contribution < -0.4 is 5.32 Å². The Bertz CT molecular complexity index is 345. The first kappa shape index (κ1) is 13.3. The predicted octanol–water partition coefficient (Wildman–Crippen LogP) is 0.984. The number of amides is 1. The molecule has 0 aromatic rings. The van der Waals surface area contributed by atoms with E-state index < -0.39 is 11.5 Å². The Hall–Kier alpha value is -1.10. The van der Waals surface area contributed by atoms with Gasteiger partial charge in [0.25, 0.3) is 0 Å². The third kappa shape index (κ3) is 2.23. The molecule has 2 aliphatic heterocycles. The van der Waals surface area contributed by atoms with Crippen molar-refractivity contribution in [3.63, 3.8) is 0 Å². The van der Waals surface area contributed by atoms with Crippen molar-refractivity contribution >= 4 is 11.9 Å². The molecule has 0 bridgehead atoms. The van der Waals surface area contributed by atoms with Crippen LogP contribution in [0.5, 0.6) is 0 Å². The van der Waals surface area contributed by atoms with Crippen molar-refractivity contribution in [3.05, 3.63) is 0 Å². The van der Waals surface area contributed by atoms with E-state index in [0.29, 0.717) is 19.3 Å². The summed E-state index contributed by atoms with van der Waals surface area (Å²) in [7, 11) is 0. The zero-order chi connectivity index (χ0) is 13.2. The van der Waals surface area contributed by atoms with Crippen molar-refractivity contribution in [2.75, 3.05) is 13.1 Å². The first-order chi connectivity index (χ1) is 8.60. The summed E-state index contributed by atoms with van der Waals surface area (Å²) >= 11 is 0. The van der Waals surface area contributed by atoms with Gasteiger partial charge in [0.2, 0.25) is 5.91 Å². The maximum atomic E-state index is 11.6. The van der Waals surface area contributed by atoms with Crippen LogP contribution in [0.3, 0.4) is 0 Å². The molecule has 0 spiro atoms. The Kier molecular flexibility index (Phi) is 3.90. The quantitative estimate of drug-likeness (QED) is 0.788. The van der Waals surface area contributed by atoms with Crippen LogP contribution >= 0.6 is 0 Å². The molecule has 2 heterocycles. The van der Waals surface area contributed by atoms with Crippen LogP contribution in [0.15, 0.2) is 0 Å². The van der Waals surface area contributed by atoms with E-state index in [1.807, 2.05) is 6.92 Å². The third-order valence-corrected chi connectivity index (χ3v) is 4.42. The molecule has 0 saturated carbocycles. The average Bonchev–Trinajstić information content (AvgIpc) is 2.67. The maximum Gasteiger partial charge on any atom is 0.324 e. The lowest BCUT2D eigenvalue weighted by Crippen LogP contribution is -2.54. The van der Waals surface area contributed by atoms with Gasteiger partial charge in [-0.05, 0) is 38.6 Å². The molecular weight excluding hydrogens is 232 g/mol. The molecule has 2 rings (SSSR count). The molecule has 0 aliphatic carbocycles. The van der Waals surface area contributed by atoms with Gasteiger partial charge in [0, 0.05) is 19.0 Å². The number of hydrogen-bond donors (Lipinski definition) is 2. The summed E-state index contributed by atoms with van der Waals surface area (Å²) in [5.74, 6) is -0.674. The molecule has 2 unspecified atom stereocenters. The van der Waals surface area contributed by atoms with Crippen LogP contribution in [0, 0.1) is 0 Å². The van der Waals surface area contributed by atoms with Crippen molar-refractivity contribution in [1.29, 1.82) is 0 Å². The lowest BCUT2D eigenvalue weighted by atomic mass is 9.90. The van der Waals surface area contributed by atoms with Gasteiger partial charge in [0.1, 0.15) is 5.54 Å². The van der Waals surface area contributed by atoms with Crippen LogP contribution in [0.1, 0.15) is 45.4 Å². The summed E-state index contributed by atoms with van der Waals surface area (Å²) in [4.78, 5) is 25.4. The molecule has 5 nitrogen and oxygen atoms in total. The van der Waals surface area contributed by atoms with Crippen LogP contribution in [0.4, 0.5) is 0 Å². The van der Waals surface area contributed by atoms with Crippen LogP contribution in [-0.4, -0.2) is 46.6 Å². The highest BCUT2D eigenvalue weighted by atomic mass is 16.4. The molecule has 0 radical (unpaired) electrons. The summed E-state index contributed by atoms with van der Waals surface area (Å²) in [6.45, 7) is 3.46. The van der Waals surface area contributed by atoms with Crippen molar-refractivity contribution < 1.29 is 14.7 Å². The first-order valence-electron chi connectivity index (χ1n) is 6.87. The van der Waals surface area contributed by atoms with Crippen LogP contribution in [-0.2, 0) is 9.59 Å². The summed E-state index contributed by atoms with van der Waals surface area (Å²) < 4.78 is 0. The number of carbonyl (C=O) groups is 2. The molecule has 18 heavy (non-hydrogen) atoms. The topological polar surface area (TPSA) is 69.6 Å². The number of carbonyl (C=O) groups excluding carboxylic acids is 1. The first-order valence-corrected chi connectivity index (χ1v) is 6.87. The summed E-state index contributed by atoms with van der Waals surface area (Å²) in [5.41, 5.74) is -0.741. The molecule has 0 aromatic heterocycles. The average molecular weight is 254 g/mol. The van der Waals surface area contributed by atoms with E-state index in [1.54, 1.807) is 0 Å². The largest absolute Gasteiger partial charge is 0.480 e. The van der Waals surface area contributed by atoms with Gasteiger partial charge in [0.05, 0.1) is 0 Å². The number of likely N-dealkylation sites (tertiary alicyclic amines) is 1. The van der Waals surface area contributed by atoms with Gasteiger partial charge in [-0.1, -0.05) is 6.92 Å². The molecule has 0 aromatic carbocycles. The molecule has 1 amide bonds. The molecule has 5 heteroatoms. The standard InChI is InChI=1S/C13H22N2O3/c1-2-13(12(17)18)6-4-8-15(13)10-5-3-7-14-11(16)9-10/h10H,2-9H2,1H3,(H,14,16)(H,17,18). The second-order valence-electron chi connectivity index (χ2n) is 5.34. The SMILES string of the molecule is CCC1(C(=O)O)CCCN1C1CCCNC(=O)C1. The van der Waals surface area contributed by atoms with E-state index in [-0.39, 0.29) is 11.9 Å². The Balaban J connectivity index is 2.19. The maximum absolute atomic E-state index is 11.6. The highest BCUT2D eigenvalue weighted by Crippen LogP contribution is 2.36. The monoisotopic (exact) mass is 254 g/mol. The Labute approximate surface area is 108 Å². The number of hydrogen-bond acceptors (Lipinski definition) is 3. The molecule has 2 aliphatic rings. The Morgan fingerprint density at radius 2 is 2.33 bits per heavy atom. The fourth-order valence-electron chi connectivity index (χ4n) is 3.41. The van der Waals surface area contributed by atoms with E-state index >= 15 is 0 Å².